The predicted molar refractivity (Wildman–Crippen MR) is 144 cm³/mol. The minimum absolute atomic E-state index is 0.0998. The maximum absolute atomic E-state index is 12.2. The molecule has 0 bridgehead atoms. The zero-order valence-electron chi connectivity index (χ0n) is 21.2. The molecule has 37 heavy (non-hydrogen) atoms. The Morgan fingerprint density at radius 2 is 1.84 bits per heavy atom. The van der Waals surface area contributed by atoms with Gasteiger partial charge in [-0.3, -0.25) is 19.8 Å². The van der Waals surface area contributed by atoms with Gasteiger partial charge in [-0.25, -0.2) is 4.79 Å². The van der Waals surface area contributed by atoms with Crippen LogP contribution in [0.15, 0.2) is 79.1 Å². The molecule has 5 rings (SSSR count). The van der Waals surface area contributed by atoms with Crippen molar-refractivity contribution in [3.8, 4) is 0 Å². The summed E-state index contributed by atoms with van der Waals surface area (Å²) in [5.41, 5.74) is 5.84. The van der Waals surface area contributed by atoms with Gasteiger partial charge in [-0.05, 0) is 60.6 Å². The van der Waals surface area contributed by atoms with Gasteiger partial charge in [0.25, 0.3) is 0 Å². The second kappa shape index (κ2) is 12.1. The van der Waals surface area contributed by atoms with Gasteiger partial charge in [0.1, 0.15) is 0 Å². The van der Waals surface area contributed by atoms with Crippen LogP contribution in [0.1, 0.15) is 47.0 Å². The first-order valence-electron chi connectivity index (χ1n) is 13.2. The SMILES string of the molecule is O=C(O)N1Cc2ccccc2CC1CN(C/C=C/CNCc1ccccn1)C1CCCc2cccnc21. The fraction of sp³-hybridized carbons (Fsp3) is 0.367. The van der Waals surface area contributed by atoms with Crippen molar-refractivity contribution >= 4 is 6.09 Å². The number of hydrogen-bond donors (Lipinski definition) is 2. The van der Waals surface area contributed by atoms with Gasteiger partial charge < -0.3 is 10.4 Å². The van der Waals surface area contributed by atoms with E-state index >= 15 is 0 Å². The van der Waals surface area contributed by atoms with E-state index in [0.717, 1.165) is 62.3 Å². The summed E-state index contributed by atoms with van der Waals surface area (Å²) in [6.07, 6.45) is 11.1. The third-order valence-corrected chi connectivity index (χ3v) is 7.45. The van der Waals surface area contributed by atoms with Crippen molar-refractivity contribution in [2.24, 2.45) is 0 Å². The molecule has 1 aliphatic carbocycles. The summed E-state index contributed by atoms with van der Waals surface area (Å²) in [6, 6.07) is 18.4. The number of nitrogens with zero attached hydrogens (tertiary/aromatic N) is 4. The van der Waals surface area contributed by atoms with Crippen LogP contribution in [0, 0.1) is 0 Å². The number of rotatable bonds is 9. The summed E-state index contributed by atoms with van der Waals surface area (Å²) in [7, 11) is 0. The normalized spacial score (nSPS) is 19.1. The molecule has 0 fully saturated rings. The Bertz CT molecular complexity index is 1220. The quantitative estimate of drug-likeness (QED) is 0.332. The Kier molecular flexibility index (Phi) is 8.23. The smallest absolute Gasteiger partial charge is 0.407 e. The van der Waals surface area contributed by atoms with Gasteiger partial charge in [-0.2, -0.15) is 0 Å². The average molecular weight is 498 g/mol. The molecule has 1 aliphatic heterocycles. The lowest BCUT2D eigenvalue weighted by Gasteiger charge is -2.41. The summed E-state index contributed by atoms with van der Waals surface area (Å²) in [4.78, 5) is 25.4. The zero-order valence-corrected chi connectivity index (χ0v) is 21.2. The van der Waals surface area contributed by atoms with Crippen molar-refractivity contribution < 1.29 is 9.90 Å². The average Bonchev–Trinajstić information content (AvgIpc) is 2.94. The second-order valence-electron chi connectivity index (χ2n) is 9.87. The third-order valence-electron chi connectivity index (χ3n) is 7.45. The number of hydrogen-bond acceptors (Lipinski definition) is 5. The Morgan fingerprint density at radius 1 is 1.03 bits per heavy atom. The van der Waals surface area contributed by atoms with E-state index in [9.17, 15) is 9.90 Å². The molecule has 2 aliphatic rings. The second-order valence-corrected chi connectivity index (χ2v) is 9.87. The Balaban J connectivity index is 1.31. The van der Waals surface area contributed by atoms with Crippen LogP contribution in [0.3, 0.4) is 0 Å². The van der Waals surface area contributed by atoms with E-state index in [1.807, 2.05) is 54.9 Å². The first-order chi connectivity index (χ1) is 18.2. The number of benzene rings is 1. The van der Waals surface area contributed by atoms with Crippen LogP contribution in [0.5, 0.6) is 0 Å². The standard InChI is InChI=1S/C30H35N5O2/c36-30(37)35-21-25-10-2-1-9-24(25)19-27(35)22-34(28-14-7-11-23-12-8-17-33-29(23)28)18-6-5-15-31-20-26-13-3-4-16-32-26/h1-6,8-10,12-13,16-17,27-28,31H,7,11,14-15,18-22H2,(H,36,37)/b6-5+. The molecule has 3 aromatic rings. The fourth-order valence-electron chi connectivity index (χ4n) is 5.59. The van der Waals surface area contributed by atoms with E-state index < -0.39 is 6.09 Å². The van der Waals surface area contributed by atoms with Crippen LogP contribution in [0.2, 0.25) is 0 Å². The molecule has 0 saturated carbocycles. The first kappa shape index (κ1) is 25.1. The number of nitrogens with one attached hydrogen (secondary N) is 1. The number of aryl methyl sites for hydroxylation is 1. The van der Waals surface area contributed by atoms with E-state index in [4.69, 9.17) is 4.98 Å². The molecule has 2 atom stereocenters. The topological polar surface area (TPSA) is 81.6 Å². The number of aromatic nitrogens is 2. The van der Waals surface area contributed by atoms with E-state index in [1.54, 1.807) is 4.90 Å². The summed E-state index contributed by atoms with van der Waals surface area (Å²) >= 11 is 0. The van der Waals surface area contributed by atoms with Gasteiger partial charge in [-0.1, -0.05) is 48.6 Å². The molecule has 3 heterocycles. The van der Waals surface area contributed by atoms with Crippen LogP contribution in [-0.2, 0) is 25.9 Å². The van der Waals surface area contributed by atoms with Gasteiger partial charge in [-0.15, -0.1) is 0 Å². The molecular formula is C30H35N5O2. The van der Waals surface area contributed by atoms with Crippen molar-refractivity contribution in [3.63, 3.8) is 0 Å². The highest BCUT2D eigenvalue weighted by atomic mass is 16.4. The summed E-state index contributed by atoms with van der Waals surface area (Å²) in [6.45, 7) is 3.34. The van der Waals surface area contributed by atoms with Crippen molar-refractivity contribution in [3.05, 3.63) is 107 Å². The monoisotopic (exact) mass is 497 g/mol. The molecule has 0 radical (unpaired) electrons. The molecule has 192 valence electrons. The first-order valence-corrected chi connectivity index (χ1v) is 13.2. The van der Waals surface area contributed by atoms with Gasteiger partial charge in [0.05, 0.1) is 23.5 Å². The minimum atomic E-state index is -0.851. The zero-order chi connectivity index (χ0) is 25.5. The maximum Gasteiger partial charge on any atom is 0.407 e. The van der Waals surface area contributed by atoms with E-state index in [1.165, 1.54) is 11.1 Å². The van der Waals surface area contributed by atoms with Crippen LogP contribution >= 0.6 is 0 Å². The summed E-state index contributed by atoms with van der Waals surface area (Å²) < 4.78 is 0. The Morgan fingerprint density at radius 3 is 2.68 bits per heavy atom. The largest absolute Gasteiger partial charge is 0.465 e. The van der Waals surface area contributed by atoms with Crippen LogP contribution in [0.25, 0.3) is 0 Å². The minimum Gasteiger partial charge on any atom is -0.465 e. The molecule has 2 unspecified atom stereocenters. The van der Waals surface area contributed by atoms with Crippen LogP contribution in [0.4, 0.5) is 4.79 Å². The van der Waals surface area contributed by atoms with Crippen molar-refractivity contribution in [1.29, 1.82) is 0 Å². The van der Waals surface area contributed by atoms with Gasteiger partial charge in [0.15, 0.2) is 0 Å². The summed E-state index contributed by atoms with van der Waals surface area (Å²) in [5.74, 6) is 0. The molecule has 1 aromatic carbocycles. The number of pyridine rings is 2. The molecule has 0 saturated heterocycles. The highest BCUT2D eigenvalue weighted by Crippen LogP contribution is 2.34. The molecule has 1 amide bonds. The third kappa shape index (κ3) is 6.24. The molecule has 7 heteroatoms. The van der Waals surface area contributed by atoms with E-state index in [0.29, 0.717) is 13.1 Å². The van der Waals surface area contributed by atoms with E-state index in [-0.39, 0.29) is 12.1 Å². The Hall–Kier alpha value is -3.55. The molecule has 7 nitrogen and oxygen atoms in total. The van der Waals surface area contributed by atoms with Crippen molar-refractivity contribution in [2.45, 2.75) is 50.9 Å². The predicted octanol–water partition coefficient (Wildman–Crippen LogP) is 4.61. The molecule has 2 N–H and O–H groups in total. The molecular weight excluding hydrogens is 462 g/mol. The number of amides is 1. The lowest BCUT2D eigenvalue weighted by atomic mass is 9.89. The molecule has 2 aromatic heterocycles. The van der Waals surface area contributed by atoms with Crippen molar-refractivity contribution in [1.82, 2.24) is 25.1 Å². The summed E-state index contributed by atoms with van der Waals surface area (Å²) in [5, 5.41) is 13.5. The Labute approximate surface area is 218 Å². The number of carboxylic acid groups (broad SMARTS) is 1. The highest BCUT2D eigenvalue weighted by molar-refractivity contribution is 5.66. The highest BCUT2D eigenvalue weighted by Gasteiger charge is 2.34. The van der Waals surface area contributed by atoms with Gasteiger partial charge in [0, 0.05) is 45.1 Å². The van der Waals surface area contributed by atoms with Gasteiger partial charge >= 0.3 is 6.09 Å². The number of carbonyl (C=O) groups is 1. The van der Waals surface area contributed by atoms with Crippen molar-refractivity contribution in [2.75, 3.05) is 19.6 Å². The lowest BCUT2D eigenvalue weighted by molar-refractivity contribution is 0.0837. The number of fused-ring (bicyclic) bond motifs is 2. The molecule has 0 spiro atoms. The van der Waals surface area contributed by atoms with Gasteiger partial charge in [0.2, 0.25) is 0 Å². The lowest BCUT2D eigenvalue weighted by Crippen LogP contribution is -2.50. The van der Waals surface area contributed by atoms with Crippen LogP contribution < -0.4 is 5.32 Å². The van der Waals surface area contributed by atoms with E-state index in [2.05, 4.69) is 39.5 Å². The fourth-order valence-corrected chi connectivity index (χ4v) is 5.59. The van der Waals surface area contributed by atoms with Crippen LogP contribution in [-0.4, -0.2) is 56.6 Å². The maximum atomic E-state index is 12.2.